The van der Waals surface area contributed by atoms with Crippen LogP contribution in [-0.4, -0.2) is 18.3 Å². The summed E-state index contributed by atoms with van der Waals surface area (Å²) in [5.74, 6) is 0.600. The first-order valence-corrected chi connectivity index (χ1v) is 5.55. The van der Waals surface area contributed by atoms with Gasteiger partial charge in [-0.2, -0.15) is 0 Å². The molecule has 0 saturated carbocycles. The molecule has 1 aromatic carbocycles. The smallest absolute Gasteiger partial charge is 0.0626 e. The van der Waals surface area contributed by atoms with Crippen LogP contribution >= 0.6 is 0 Å². The van der Waals surface area contributed by atoms with Crippen molar-refractivity contribution in [2.24, 2.45) is 5.92 Å². The Kier molecular flexibility index (Phi) is 4.79. The van der Waals surface area contributed by atoms with Gasteiger partial charge in [0.1, 0.15) is 0 Å². The highest BCUT2D eigenvalue weighted by atomic mass is 16.3. The highest BCUT2D eigenvalue weighted by molar-refractivity contribution is 5.28. The molecule has 0 fully saturated rings. The van der Waals surface area contributed by atoms with Gasteiger partial charge >= 0.3 is 0 Å². The van der Waals surface area contributed by atoms with E-state index in [0.29, 0.717) is 5.92 Å². The first kappa shape index (κ1) is 12.2. The second-order valence-electron chi connectivity index (χ2n) is 4.39. The summed E-state index contributed by atoms with van der Waals surface area (Å²) in [5, 5.41) is 12.7. The monoisotopic (exact) mass is 207 g/mol. The van der Waals surface area contributed by atoms with Gasteiger partial charge in [0.25, 0.3) is 0 Å². The molecule has 0 aliphatic rings. The largest absolute Gasteiger partial charge is 0.394 e. The molecule has 15 heavy (non-hydrogen) atoms. The fourth-order valence-electron chi connectivity index (χ4n) is 1.63. The van der Waals surface area contributed by atoms with Crippen molar-refractivity contribution in [3.05, 3.63) is 35.4 Å². The van der Waals surface area contributed by atoms with E-state index in [1.807, 2.05) is 12.1 Å². The van der Waals surface area contributed by atoms with Gasteiger partial charge in [0.05, 0.1) is 12.6 Å². The molecule has 1 rings (SSSR count). The Bertz CT molecular complexity index is 296. The normalized spacial score (nSPS) is 13.1. The van der Waals surface area contributed by atoms with Crippen molar-refractivity contribution in [2.75, 3.05) is 13.2 Å². The van der Waals surface area contributed by atoms with Gasteiger partial charge < -0.3 is 10.4 Å². The van der Waals surface area contributed by atoms with Crippen LogP contribution in [0.2, 0.25) is 0 Å². The number of hydrogen-bond acceptors (Lipinski definition) is 2. The van der Waals surface area contributed by atoms with Crippen LogP contribution in [0.5, 0.6) is 0 Å². The molecule has 2 heteroatoms. The van der Waals surface area contributed by atoms with Crippen molar-refractivity contribution in [1.29, 1.82) is 0 Å². The Morgan fingerprint density at radius 1 is 1.27 bits per heavy atom. The third-order valence-corrected chi connectivity index (χ3v) is 2.52. The number of hydrogen-bond donors (Lipinski definition) is 2. The second kappa shape index (κ2) is 5.89. The predicted molar refractivity (Wildman–Crippen MR) is 63.8 cm³/mol. The maximum atomic E-state index is 9.35. The third-order valence-electron chi connectivity index (χ3n) is 2.52. The zero-order chi connectivity index (χ0) is 11.3. The van der Waals surface area contributed by atoms with E-state index in [9.17, 15) is 5.11 Å². The number of nitrogens with one attached hydrogen (secondary N) is 1. The molecule has 1 aromatic rings. The molecular weight excluding hydrogens is 186 g/mol. The van der Waals surface area contributed by atoms with E-state index in [-0.39, 0.29) is 12.6 Å². The van der Waals surface area contributed by atoms with Gasteiger partial charge in [-0.1, -0.05) is 38.1 Å². The maximum Gasteiger partial charge on any atom is 0.0626 e. The van der Waals surface area contributed by atoms with Crippen molar-refractivity contribution < 1.29 is 5.11 Å². The SMILES string of the molecule is Cc1ccccc1C(CO)NCC(C)C. The lowest BCUT2D eigenvalue weighted by atomic mass is 10.0. The molecule has 0 aliphatic heterocycles. The molecule has 2 N–H and O–H groups in total. The topological polar surface area (TPSA) is 32.3 Å². The molecule has 0 heterocycles. The highest BCUT2D eigenvalue weighted by Crippen LogP contribution is 2.16. The molecule has 1 atom stereocenters. The van der Waals surface area contributed by atoms with E-state index in [2.05, 4.69) is 38.2 Å². The maximum absolute atomic E-state index is 9.35. The molecule has 0 amide bonds. The van der Waals surface area contributed by atoms with Crippen LogP contribution in [0.1, 0.15) is 31.0 Å². The molecule has 84 valence electrons. The predicted octanol–water partition coefficient (Wildman–Crippen LogP) is 2.27. The van der Waals surface area contributed by atoms with Gasteiger partial charge in [0.15, 0.2) is 0 Å². The molecular formula is C13H21NO. The summed E-state index contributed by atoms with van der Waals surface area (Å²) in [6.45, 7) is 7.49. The van der Waals surface area contributed by atoms with Crippen molar-refractivity contribution in [3.8, 4) is 0 Å². The standard InChI is InChI=1S/C13H21NO/c1-10(2)8-14-13(9-15)12-7-5-4-6-11(12)3/h4-7,10,13-15H,8-9H2,1-3H3. The lowest BCUT2D eigenvalue weighted by Crippen LogP contribution is -2.28. The summed E-state index contributed by atoms with van der Waals surface area (Å²) in [6.07, 6.45) is 0. The fourth-order valence-corrected chi connectivity index (χ4v) is 1.63. The summed E-state index contributed by atoms with van der Waals surface area (Å²) < 4.78 is 0. The Balaban J connectivity index is 2.70. The number of aryl methyl sites for hydroxylation is 1. The van der Waals surface area contributed by atoms with Crippen LogP contribution in [0.15, 0.2) is 24.3 Å². The highest BCUT2D eigenvalue weighted by Gasteiger charge is 2.11. The van der Waals surface area contributed by atoms with Crippen molar-refractivity contribution in [3.63, 3.8) is 0 Å². The quantitative estimate of drug-likeness (QED) is 0.776. The summed E-state index contributed by atoms with van der Waals surface area (Å²) in [7, 11) is 0. The first-order valence-electron chi connectivity index (χ1n) is 5.55. The van der Waals surface area contributed by atoms with Gasteiger partial charge in [-0.05, 0) is 30.5 Å². The van der Waals surface area contributed by atoms with E-state index in [0.717, 1.165) is 6.54 Å². The molecule has 2 nitrogen and oxygen atoms in total. The minimum atomic E-state index is 0.0635. The van der Waals surface area contributed by atoms with E-state index in [1.54, 1.807) is 0 Å². The van der Waals surface area contributed by atoms with Gasteiger partial charge in [-0.15, -0.1) is 0 Å². The van der Waals surface area contributed by atoms with Crippen molar-refractivity contribution in [2.45, 2.75) is 26.8 Å². The van der Waals surface area contributed by atoms with Gasteiger partial charge in [-0.3, -0.25) is 0 Å². The molecule has 0 radical (unpaired) electrons. The lowest BCUT2D eigenvalue weighted by Gasteiger charge is -2.19. The lowest BCUT2D eigenvalue weighted by molar-refractivity contribution is 0.240. The molecule has 1 unspecified atom stereocenters. The van der Waals surface area contributed by atoms with E-state index < -0.39 is 0 Å². The molecule has 0 aliphatic carbocycles. The second-order valence-corrected chi connectivity index (χ2v) is 4.39. The van der Waals surface area contributed by atoms with Crippen molar-refractivity contribution >= 4 is 0 Å². The Morgan fingerprint density at radius 2 is 1.93 bits per heavy atom. The minimum Gasteiger partial charge on any atom is -0.394 e. The molecule has 0 aromatic heterocycles. The summed E-state index contributed by atoms with van der Waals surface area (Å²) in [4.78, 5) is 0. The molecule has 0 saturated heterocycles. The van der Waals surface area contributed by atoms with Crippen molar-refractivity contribution in [1.82, 2.24) is 5.32 Å². The molecule has 0 spiro atoms. The van der Waals surface area contributed by atoms with Crippen LogP contribution in [-0.2, 0) is 0 Å². The van der Waals surface area contributed by atoms with Crippen LogP contribution in [0.4, 0.5) is 0 Å². The van der Waals surface area contributed by atoms with E-state index in [1.165, 1.54) is 11.1 Å². The van der Waals surface area contributed by atoms with Gasteiger partial charge in [0.2, 0.25) is 0 Å². The van der Waals surface area contributed by atoms with Gasteiger partial charge in [-0.25, -0.2) is 0 Å². The molecule has 0 bridgehead atoms. The summed E-state index contributed by atoms with van der Waals surface area (Å²) in [6, 6.07) is 8.25. The Hall–Kier alpha value is -0.860. The van der Waals surface area contributed by atoms with E-state index in [4.69, 9.17) is 0 Å². The Morgan fingerprint density at radius 3 is 2.47 bits per heavy atom. The average Bonchev–Trinajstić information content (AvgIpc) is 2.21. The minimum absolute atomic E-state index is 0.0635. The zero-order valence-electron chi connectivity index (χ0n) is 9.83. The third kappa shape index (κ3) is 3.65. The van der Waals surface area contributed by atoms with Crippen LogP contribution in [0, 0.1) is 12.8 Å². The number of benzene rings is 1. The summed E-state index contributed by atoms with van der Waals surface area (Å²) in [5.41, 5.74) is 2.42. The first-order chi connectivity index (χ1) is 7.15. The number of rotatable bonds is 5. The number of aliphatic hydroxyl groups is 1. The van der Waals surface area contributed by atoms with Crippen LogP contribution in [0.3, 0.4) is 0 Å². The fraction of sp³-hybridized carbons (Fsp3) is 0.538. The van der Waals surface area contributed by atoms with Crippen LogP contribution < -0.4 is 5.32 Å². The average molecular weight is 207 g/mol. The Labute approximate surface area is 92.3 Å². The van der Waals surface area contributed by atoms with Crippen LogP contribution in [0.25, 0.3) is 0 Å². The number of aliphatic hydroxyl groups excluding tert-OH is 1. The van der Waals surface area contributed by atoms with E-state index >= 15 is 0 Å². The zero-order valence-corrected chi connectivity index (χ0v) is 9.83. The summed E-state index contributed by atoms with van der Waals surface area (Å²) >= 11 is 0. The van der Waals surface area contributed by atoms with Gasteiger partial charge in [0, 0.05) is 0 Å².